The van der Waals surface area contributed by atoms with Crippen LogP contribution in [-0.2, 0) is 9.59 Å². The van der Waals surface area contributed by atoms with Gasteiger partial charge in [-0.2, -0.15) is 0 Å². The summed E-state index contributed by atoms with van der Waals surface area (Å²) in [6, 6.07) is 21.1. The van der Waals surface area contributed by atoms with Crippen molar-refractivity contribution in [2.24, 2.45) is 22.2 Å². The minimum Gasteiger partial charge on any atom is -0.374 e. The molecule has 2 atom stereocenters. The van der Waals surface area contributed by atoms with Crippen molar-refractivity contribution >= 4 is 39.9 Å². The number of amides is 2. The summed E-state index contributed by atoms with van der Waals surface area (Å²) in [6.07, 6.45) is 0.857. The summed E-state index contributed by atoms with van der Waals surface area (Å²) >= 11 is 0. The quantitative estimate of drug-likeness (QED) is 0.226. The fourth-order valence-electron chi connectivity index (χ4n) is 3.53. The van der Waals surface area contributed by atoms with E-state index in [0.717, 1.165) is 16.5 Å². The molecular weight excluding hydrogens is 416 g/mol. The maximum Gasteiger partial charge on any atom is 0.255 e. The number of hydrogen-bond acceptors (Lipinski definition) is 5. The van der Waals surface area contributed by atoms with E-state index in [1.165, 1.54) is 4.90 Å². The van der Waals surface area contributed by atoms with E-state index in [4.69, 9.17) is 17.2 Å². The Morgan fingerprint density at radius 2 is 1.61 bits per heavy atom. The van der Waals surface area contributed by atoms with Crippen LogP contribution in [0.25, 0.3) is 10.8 Å². The van der Waals surface area contributed by atoms with Gasteiger partial charge in [-0.3, -0.25) is 14.6 Å². The van der Waals surface area contributed by atoms with E-state index in [2.05, 4.69) is 10.3 Å². The monoisotopic (exact) mass is 446 g/mol. The molecule has 0 spiro atoms. The zero-order valence-electron chi connectivity index (χ0n) is 18.6. The molecule has 3 rings (SSSR count). The van der Waals surface area contributed by atoms with Gasteiger partial charge >= 0.3 is 0 Å². The molecule has 0 saturated carbocycles. The summed E-state index contributed by atoms with van der Waals surface area (Å²) in [5.41, 5.74) is 18.2. The number of nitrogens with two attached hydrogens (primary N) is 3. The lowest BCUT2D eigenvalue weighted by Crippen LogP contribution is -2.51. The molecule has 172 valence electrons. The van der Waals surface area contributed by atoms with Crippen molar-refractivity contribution in [3.05, 3.63) is 72.8 Å². The average molecular weight is 447 g/mol. The molecule has 33 heavy (non-hydrogen) atoms. The van der Waals surface area contributed by atoms with Gasteiger partial charge in [0.15, 0.2) is 5.96 Å². The number of hydrogen-bond donors (Lipinski definition) is 4. The van der Waals surface area contributed by atoms with Crippen LogP contribution in [0.5, 0.6) is 0 Å². The van der Waals surface area contributed by atoms with Crippen LogP contribution in [0.4, 0.5) is 11.4 Å². The van der Waals surface area contributed by atoms with Gasteiger partial charge in [0.2, 0.25) is 0 Å². The van der Waals surface area contributed by atoms with E-state index >= 15 is 0 Å². The molecule has 0 unspecified atom stereocenters. The Hall–Kier alpha value is -3.91. The molecule has 0 fully saturated rings. The lowest BCUT2D eigenvalue weighted by molar-refractivity contribution is -0.127. The molecule has 0 aliphatic heterocycles. The molecule has 3 aromatic rings. The van der Waals surface area contributed by atoms with Gasteiger partial charge in [-0.15, -0.1) is 0 Å². The maximum atomic E-state index is 13.5. The Morgan fingerprint density at radius 1 is 0.939 bits per heavy atom. The average Bonchev–Trinajstić information content (AvgIpc) is 2.82. The molecule has 8 heteroatoms. The highest BCUT2D eigenvalue weighted by Gasteiger charge is 2.31. The number of nitrogens with one attached hydrogen (secondary N) is 1. The number of imide groups is 1. The largest absolute Gasteiger partial charge is 0.374 e. The third kappa shape index (κ3) is 6.30. The zero-order chi connectivity index (χ0) is 23.8. The third-order valence-electron chi connectivity index (χ3n) is 5.24. The molecular formula is C25H30N6O2. The van der Waals surface area contributed by atoms with Crippen LogP contribution in [0.2, 0.25) is 0 Å². The minimum absolute atomic E-state index is 0.0105. The zero-order valence-corrected chi connectivity index (χ0v) is 18.6. The first kappa shape index (κ1) is 23.7. The van der Waals surface area contributed by atoms with E-state index in [1.54, 1.807) is 13.0 Å². The van der Waals surface area contributed by atoms with Crippen LogP contribution in [0.3, 0.4) is 0 Å². The summed E-state index contributed by atoms with van der Waals surface area (Å²) in [6.45, 7) is 2.08. The molecule has 0 heterocycles. The predicted molar refractivity (Wildman–Crippen MR) is 134 cm³/mol. The molecule has 0 aromatic heterocycles. The number of rotatable bonds is 9. The first-order valence-electron chi connectivity index (χ1n) is 10.9. The number of carbonyl (C=O) groups excluding carboxylic acids is 2. The summed E-state index contributed by atoms with van der Waals surface area (Å²) in [4.78, 5) is 32.0. The Labute approximate surface area is 193 Å². The van der Waals surface area contributed by atoms with Crippen LogP contribution in [0.15, 0.2) is 77.8 Å². The normalized spacial score (nSPS) is 12.5. The minimum atomic E-state index is -0.876. The fraction of sp³-hybridized carbons (Fsp3) is 0.240. The topological polar surface area (TPSA) is 140 Å². The number of nitrogens with zero attached hydrogens (tertiary/aromatic N) is 2. The number of aliphatic imine (C=N–C) groups is 1. The molecule has 2 amide bonds. The number of para-hydroxylation sites is 1. The Balaban J connectivity index is 1.86. The molecule has 3 aromatic carbocycles. The second-order valence-corrected chi connectivity index (χ2v) is 7.83. The van der Waals surface area contributed by atoms with Gasteiger partial charge in [0.1, 0.15) is 6.04 Å². The van der Waals surface area contributed by atoms with Crippen LogP contribution < -0.4 is 27.4 Å². The van der Waals surface area contributed by atoms with Crippen LogP contribution in [0, 0.1) is 0 Å². The standard InChI is InChI=1S/C25H30N6O2/c1-17(30-20-10-3-2-4-11-20)23(32)31(24(33)22(26)12-7-15-29-25(27)28)21-14-13-18-8-5-6-9-19(18)16-21/h2-6,8-11,13-14,16-17,22,30H,7,12,15,26H2,1H3,(H4,27,28,29)/t17-,22-/m0/s1. The van der Waals surface area contributed by atoms with Crippen molar-refractivity contribution in [3.63, 3.8) is 0 Å². The number of guanidine groups is 1. The Bertz CT molecular complexity index is 1130. The van der Waals surface area contributed by atoms with Gasteiger partial charge in [-0.05, 0) is 54.8 Å². The summed E-state index contributed by atoms with van der Waals surface area (Å²) < 4.78 is 0. The van der Waals surface area contributed by atoms with Gasteiger partial charge in [0.25, 0.3) is 11.8 Å². The molecule has 8 nitrogen and oxygen atoms in total. The molecule has 0 bridgehead atoms. The van der Waals surface area contributed by atoms with Crippen LogP contribution in [-0.4, -0.2) is 36.4 Å². The molecule has 0 saturated heterocycles. The number of fused-ring (bicyclic) bond motifs is 1. The van der Waals surface area contributed by atoms with Crippen molar-refractivity contribution in [3.8, 4) is 0 Å². The fourth-order valence-corrected chi connectivity index (χ4v) is 3.53. The van der Waals surface area contributed by atoms with E-state index in [0.29, 0.717) is 25.1 Å². The SMILES string of the molecule is C[C@H](Nc1ccccc1)C(=O)N(C(=O)[C@@H](N)CCCN=C(N)N)c1ccc2ccccc2c1. The highest BCUT2D eigenvalue weighted by molar-refractivity contribution is 6.19. The Morgan fingerprint density at radius 3 is 2.30 bits per heavy atom. The Kier molecular flexibility index (Phi) is 7.99. The number of carbonyl (C=O) groups is 2. The van der Waals surface area contributed by atoms with Crippen molar-refractivity contribution in [1.82, 2.24) is 0 Å². The van der Waals surface area contributed by atoms with Gasteiger partial charge in [0.05, 0.1) is 11.7 Å². The second kappa shape index (κ2) is 11.1. The lowest BCUT2D eigenvalue weighted by Gasteiger charge is -2.27. The van der Waals surface area contributed by atoms with Crippen molar-refractivity contribution < 1.29 is 9.59 Å². The van der Waals surface area contributed by atoms with Crippen molar-refractivity contribution in [2.45, 2.75) is 31.8 Å². The summed E-state index contributed by atoms with van der Waals surface area (Å²) in [5.74, 6) is -0.871. The smallest absolute Gasteiger partial charge is 0.255 e. The first-order valence-corrected chi connectivity index (χ1v) is 10.9. The number of benzene rings is 3. The van der Waals surface area contributed by atoms with E-state index in [1.807, 2.05) is 66.7 Å². The molecule has 0 aliphatic rings. The van der Waals surface area contributed by atoms with E-state index in [-0.39, 0.29) is 11.9 Å². The third-order valence-corrected chi connectivity index (χ3v) is 5.24. The summed E-state index contributed by atoms with van der Waals surface area (Å²) in [5, 5.41) is 5.09. The molecule has 0 radical (unpaired) electrons. The van der Waals surface area contributed by atoms with Crippen LogP contribution >= 0.6 is 0 Å². The highest BCUT2D eigenvalue weighted by Crippen LogP contribution is 2.24. The maximum absolute atomic E-state index is 13.5. The van der Waals surface area contributed by atoms with Gasteiger partial charge in [-0.1, -0.05) is 48.5 Å². The van der Waals surface area contributed by atoms with E-state index < -0.39 is 18.0 Å². The molecule has 0 aliphatic carbocycles. The summed E-state index contributed by atoms with van der Waals surface area (Å²) in [7, 11) is 0. The lowest BCUT2D eigenvalue weighted by atomic mass is 10.1. The second-order valence-electron chi connectivity index (χ2n) is 7.83. The van der Waals surface area contributed by atoms with E-state index in [9.17, 15) is 9.59 Å². The highest BCUT2D eigenvalue weighted by atomic mass is 16.2. The van der Waals surface area contributed by atoms with Gasteiger partial charge < -0.3 is 22.5 Å². The van der Waals surface area contributed by atoms with Crippen LogP contribution in [0.1, 0.15) is 19.8 Å². The van der Waals surface area contributed by atoms with Crippen molar-refractivity contribution in [2.75, 3.05) is 16.8 Å². The van der Waals surface area contributed by atoms with Gasteiger partial charge in [0, 0.05) is 12.2 Å². The predicted octanol–water partition coefficient (Wildman–Crippen LogP) is 2.58. The first-order chi connectivity index (χ1) is 15.9. The number of anilines is 2. The molecule has 7 N–H and O–H groups in total. The van der Waals surface area contributed by atoms with Crippen molar-refractivity contribution in [1.29, 1.82) is 0 Å². The van der Waals surface area contributed by atoms with Gasteiger partial charge in [-0.25, -0.2) is 4.90 Å².